The topological polar surface area (TPSA) is 69.6 Å². The Labute approximate surface area is 89.1 Å². The number of carbonyl (C=O) groups excluding carboxylic acids is 1. The molecule has 4 nitrogen and oxygen atoms in total. The van der Waals surface area contributed by atoms with E-state index in [1.807, 2.05) is 6.92 Å². The van der Waals surface area contributed by atoms with Crippen LogP contribution in [0.2, 0.25) is 0 Å². The molecule has 0 aliphatic rings. The molecule has 0 saturated heterocycles. The highest BCUT2D eigenvalue weighted by Crippen LogP contribution is 2.08. The van der Waals surface area contributed by atoms with Gasteiger partial charge in [-0.05, 0) is 24.0 Å². The Morgan fingerprint density at radius 2 is 2.13 bits per heavy atom. The predicted octanol–water partition coefficient (Wildman–Crippen LogP) is 0.000800. The summed E-state index contributed by atoms with van der Waals surface area (Å²) in [6.07, 6.45) is 1.64. The van der Waals surface area contributed by atoms with E-state index in [0.29, 0.717) is 17.3 Å². The van der Waals surface area contributed by atoms with Gasteiger partial charge in [0, 0.05) is 17.8 Å². The first-order valence-corrected chi connectivity index (χ1v) is 4.87. The molecule has 15 heavy (non-hydrogen) atoms. The van der Waals surface area contributed by atoms with Gasteiger partial charge in [-0.15, -0.1) is 0 Å². The lowest BCUT2D eigenvalue weighted by atomic mass is 9.79. The molecule has 0 saturated carbocycles. The molecule has 5 heteroatoms. The molecule has 0 atom stereocenters. The first kappa shape index (κ1) is 11.7. The Hall–Kier alpha value is -1.33. The van der Waals surface area contributed by atoms with Crippen molar-refractivity contribution in [1.29, 1.82) is 0 Å². The second-order valence-corrected chi connectivity index (χ2v) is 3.31. The van der Waals surface area contributed by atoms with Crippen LogP contribution >= 0.6 is 0 Å². The van der Waals surface area contributed by atoms with Crippen LogP contribution in [-0.4, -0.2) is 30.0 Å². The zero-order chi connectivity index (χ0) is 11.3. The maximum Gasteiger partial charge on any atom is 0.488 e. The van der Waals surface area contributed by atoms with E-state index in [9.17, 15) is 4.79 Å². The highest BCUT2D eigenvalue weighted by atomic mass is 16.4. The van der Waals surface area contributed by atoms with Crippen LogP contribution in [-0.2, 0) is 0 Å². The standard InChI is InChI=1S/C10H14BNO3/c1-2-3-12-10-5-8(7-13)4-9(6-10)11(14)15/h4-7,12,14-15H,2-3H2,1H3. The van der Waals surface area contributed by atoms with Gasteiger partial charge in [-0.25, -0.2) is 0 Å². The third kappa shape index (κ3) is 3.38. The van der Waals surface area contributed by atoms with E-state index in [0.717, 1.165) is 18.7 Å². The number of hydrogen-bond acceptors (Lipinski definition) is 4. The van der Waals surface area contributed by atoms with Gasteiger partial charge in [-0.1, -0.05) is 13.0 Å². The molecule has 0 unspecified atom stereocenters. The summed E-state index contributed by atoms with van der Waals surface area (Å²) >= 11 is 0. The molecule has 1 aromatic carbocycles. The number of nitrogens with one attached hydrogen (secondary N) is 1. The second kappa shape index (κ2) is 5.53. The van der Waals surface area contributed by atoms with Crippen molar-refractivity contribution in [2.45, 2.75) is 13.3 Å². The molecule has 1 aromatic rings. The van der Waals surface area contributed by atoms with Crippen LogP contribution in [0, 0.1) is 0 Å². The van der Waals surface area contributed by atoms with Crippen molar-refractivity contribution in [3.05, 3.63) is 23.8 Å². The monoisotopic (exact) mass is 207 g/mol. The van der Waals surface area contributed by atoms with Crippen LogP contribution < -0.4 is 10.8 Å². The van der Waals surface area contributed by atoms with Crippen LogP contribution in [0.3, 0.4) is 0 Å². The van der Waals surface area contributed by atoms with Gasteiger partial charge in [0.2, 0.25) is 0 Å². The summed E-state index contributed by atoms with van der Waals surface area (Å²) in [5.41, 5.74) is 1.47. The summed E-state index contributed by atoms with van der Waals surface area (Å²) < 4.78 is 0. The largest absolute Gasteiger partial charge is 0.488 e. The lowest BCUT2D eigenvalue weighted by Gasteiger charge is -2.08. The number of benzene rings is 1. The Kier molecular flexibility index (Phi) is 4.33. The normalized spacial score (nSPS) is 9.80. The SMILES string of the molecule is CCCNc1cc(C=O)cc(B(O)O)c1. The van der Waals surface area contributed by atoms with Crippen molar-refractivity contribution in [1.82, 2.24) is 0 Å². The van der Waals surface area contributed by atoms with E-state index < -0.39 is 7.12 Å². The van der Waals surface area contributed by atoms with Crippen molar-refractivity contribution in [3.63, 3.8) is 0 Å². The molecular formula is C10H14BNO3. The molecule has 0 bridgehead atoms. The maximum absolute atomic E-state index is 10.6. The molecule has 0 heterocycles. The minimum absolute atomic E-state index is 0.318. The summed E-state index contributed by atoms with van der Waals surface area (Å²) in [7, 11) is -1.55. The molecular weight excluding hydrogens is 193 g/mol. The molecule has 80 valence electrons. The van der Waals surface area contributed by atoms with Gasteiger partial charge in [0.05, 0.1) is 0 Å². The Bertz CT molecular complexity index is 341. The van der Waals surface area contributed by atoms with Gasteiger partial charge < -0.3 is 15.4 Å². The van der Waals surface area contributed by atoms with Gasteiger partial charge >= 0.3 is 7.12 Å². The van der Waals surface area contributed by atoms with Gasteiger partial charge in [-0.2, -0.15) is 0 Å². The van der Waals surface area contributed by atoms with Gasteiger partial charge in [0.1, 0.15) is 6.29 Å². The fraction of sp³-hybridized carbons (Fsp3) is 0.300. The molecule has 0 spiro atoms. The van der Waals surface area contributed by atoms with Crippen LogP contribution in [0.4, 0.5) is 5.69 Å². The number of anilines is 1. The van der Waals surface area contributed by atoms with Gasteiger partial charge in [0.15, 0.2) is 0 Å². The van der Waals surface area contributed by atoms with Gasteiger partial charge in [-0.3, -0.25) is 4.79 Å². The van der Waals surface area contributed by atoms with Crippen LogP contribution in [0.5, 0.6) is 0 Å². The fourth-order valence-corrected chi connectivity index (χ4v) is 1.27. The minimum atomic E-state index is -1.55. The van der Waals surface area contributed by atoms with Crippen molar-refractivity contribution in [2.75, 3.05) is 11.9 Å². The first-order chi connectivity index (χ1) is 7.17. The van der Waals surface area contributed by atoms with Crippen LogP contribution in [0.1, 0.15) is 23.7 Å². The van der Waals surface area contributed by atoms with E-state index in [-0.39, 0.29) is 0 Å². The molecule has 1 rings (SSSR count). The third-order valence-corrected chi connectivity index (χ3v) is 1.99. The Morgan fingerprint density at radius 3 is 2.67 bits per heavy atom. The lowest BCUT2D eigenvalue weighted by Crippen LogP contribution is -2.30. The zero-order valence-electron chi connectivity index (χ0n) is 8.60. The summed E-state index contributed by atoms with van der Waals surface area (Å²) in [6, 6.07) is 4.75. The molecule has 0 fully saturated rings. The summed E-state index contributed by atoms with van der Waals surface area (Å²) in [5, 5.41) is 21.1. The lowest BCUT2D eigenvalue weighted by molar-refractivity contribution is 0.112. The molecule has 0 aromatic heterocycles. The quantitative estimate of drug-likeness (QED) is 0.469. The average Bonchev–Trinajstić information content (AvgIpc) is 2.25. The number of rotatable bonds is 5. The molecule has 0 amide bonds. The van der Waals surface area contributed by atoms with Crippen molar-refractivity contribution < 1.29 is 14.8 Å². The van der Waals surface area contributed by atoms with E-state index in [1.54, 1.807) is 12.1 Å². The summed E-state index contributed by atoms with van der Waals surface area (Å²) in [5.74, 6) is 0. The van der Waals surface area contributed by atoms with Crippen LogP contribution in [0.25, 0.3) is 0 Å². The fourth-order valence-electron chi connectivity index (χ4n) is 1.27. The third-order valence-electron chi connectivity index (χ3n) is 1.99. The first-order valence-electron chi connectivity index (χ1n) is 4.87. The molecule has 0 radical (unpaired) electrons. The highest BCUT2D eigenvalue weighted by Gasteiger charge is 2.12. The average molecular weight is 207 g/mol. The second-order valence-electron chi connectivity index (χ2n) is 3.31. The number of carbonyl (C=O) groups is 1. The highest BCUT2D eigenvalue weighted by molar-refractivity contribution is 6.58. The maximum atomic E-state index is 10.6. The Morgan fingerprint density at radius 1 is 1.40 bits per heavy atom. The van der Waals surface area contributed by atoms with E-state index in [2.05, 4.69) is 5.32 Å². The predicted molar refractivity (Wildman–Crippen MR) is 60.4 cm³/mol. The molecule has 3 N–H and O–H groups in total. The summed E-state index contributed by atoms with van der Waals surface area (Å²) in [4.78, 5) is 10.6. The summed E-state index contributed by atoms with van der Waals surface area (Å²) in [6.45, 7) is 2.81. The van der Waals surface area contributed by atoms with Crippen molar-refractivity contribution in [2.24, 2.45) is 0 Å². The molecule has 0 aliphatic heterocycles. The van der Waals surface area contributed by atoms with Crippen molar-refractivity contribution in [3.8, 4) is 0 Å². The van der Waals surface area contributed by atoms with E-state index in [1.165, 1.54) is 6.07 Å². The zero-order valence-corrected chi connectivity index (χ0v) is 8.60. The smallest absolute Gasteiger partial charge is 0.423 e. The molecule has 0 aliphatic carbocycles. The van der Waals surface area contributed by atoms with E-state index in [4.69, 9.17) is 10.0 Å². The van der Waals surface area contributed by atoms with E-state index >= 15 is 0 Å². The van der Waals surface area contributed by atoms with Crippen LogP contribution in [0.15, 0.2) is 18.2 Å². The van der Waals surface area contributed by atoms with Crippen molar-refractivity contribution >= 4 is 24.6 Å². The minimum Gasteiger partial charge on any atom is -0.423 e. The number of aldehydes is 1. The Balaban J connectivity index is 2.95. The number of hydrogen-bond donors (Lipinski definition) is 3. The van der Waals surface area contributed by atoms with Gasteiger partial charge in [0.25, 0.3) is 0 Å².